The normalized spacial score (nSPS) is 17.3. The van der Waals surface area contributed by atoms with Crippen molar-refractivity contribution in [1.29, 1.82) is 0 Å². The van der Waals surface area contributed by atoms with Crippen molar-refractivity contribution in [3.8, 4) is 0 Å². The van der Waals surface area contributed by atoms with Crippen LogP contribution in [0.4, 0.5) is 11.4 Å². The highest BCUT2D eigenvalue weighted by atomic mass is 15.5. The van der Waals surface area contributed by atoms with Crippen LogP contribution in [0.5, 0.6) is 0 Å². The van der Waals surface area contributed by atoms with Crippen LogP contribution in [0.1, 0.15) is 11.1 Å². The van der Waals surface area contributed by atoms with E-state index in [4.69, 9.17) is 5.10 Å². The van der Waals surface area contributed by atoms with Crippen LogP contribution < -0.4 is 5.01 Å². The quantitative estimate of drug-likeness (QED) is 0.373. The third-order valence-corrected chi connectivity index (χ3v) is 5.49. The maximum atomic E-state index is 4.97. The van der Waals surface area contributed by atoms with Crippen molar-refractivity contribution in [2.24, 2.45) is 11.0 Å². The van der Waals surface area contributed by atoms with Gasteiger partial charge in [0.2, 0.25) is 0 Å². The van der Waals surface area contributed by atoms with Crippen LogP contribution in [0.2, 0.25) is 0 Å². The van der Waals surface area contributed by atoms with Crippen molar-refractivity contribution in [2.75, 3.05) is 5.01 Å². The number of hydrogen-bond donors (Lipinski definition) is 0. The zero-order valence-corrected chi connectivity index (χ0v) is 16.1. The molecule has 0 radical (unpaired) electrons. The minimum Gasteiger partial charge on any atom is -0.234 e. The molecule has 2 aliphatic rings. The molecule has 0 saturated heterocycles. The number of nitrogens with zero attached hydrogens (tertiary/aromatic N) is 2. The summed E-state index contributed by atoms with van der Waals surface area (Å²) in [5.74, 6) is 0.415. The smallest absolute Gasteiger partial charge is 0.0652 e. The Morgan fingerprint density at radius 2 is 1.41 bits per heavy atom. The Morgan fingerprint density at radius 3 is 2.14 bits per heavy atom. The van der Waals surface area contributed by atoms with Gasteiger partial charge in [0.15, 0.2) is 0 Å². The largest absolute Gasteiger partial charge is 0.234 e. The molecule has 1 unspecified atom stereocenters. The van der Waals surface area contributed by atoms with Gasteiger partial charge in [0.05, 0.1) is 17.6 Å². The zero-order valence-electron chi connectivity index (χ0n) is 16.1. The first-order chi connectivity index (χ1) is 14.4. The van der Waals surface area contributed by atoms with Crippen LogP contribution in [0.15, 0.2) is 120 Å². The molecule has 5 rings (SSSR count). The van der Waals surface area contributed by atoms with E-state index in [1.54, 1.807) is 0 Å². The van der Waals surface area contributed by atoms with Gasteiger partial charge in [-0.05, 0) is 47.4 Å². The molecule has 0 heterocycles. The molecule has 2 aliphatic carbocycles. The predicted molar refractivity (Wildman–Crippen MR) is 122 cm³/mol. The lowest BCUT2D eigenvalue weighted by atomic mass is 9.77. The summed E-state index contributed by atoms with van der Waals surface area (Å²) < 4.78 is 0. The van der Waals surface area contributed by atoms with E-state index < -0.39 is 0 Å². The Bertz CT molecular complexity index is 1080. The summed E-state index contributed by atoms with van der Waals surface area (Å²) in [6.07, 6.45) is 11.9. The maximum Gasteiger partial charge on any atom is 0.0652 e. The van der Waals surface area contributed by atoms with Gasteiger partial charge in [0, 0.05) is 11.5 Å². The van der Waals surface area contributed by atoms with E-state index in [1.165, 1.54) is 22.3 Å². The number of anilines is 2. The average molecular weight is 374 g/mol. The van der Waals surface area contributed by atoms with Crippen molar-refractivity contribution in [3.05, 3.63) is 126 Å². The molecule has 29 heavy (non-hydrogen) atoms. The van der Waals surface area contributed by atoms with Gasteiger partial charge in [-0.2, -0.15) is 5.10 Å². The van der Waals surface area contributed by atoms with Crippen molar-refractivity contribution in [1.82, 2.24) is 0 Å². The molecule has 2 nitrogen and oxygen atoms in total. The molecule has 0 N–H and O–H groups in total. The van der Waals surface area contributed by atoms with Gasteiger partial charge in [0.25, 0.3) is 0 Å². The van der Waals surface area contributed by atoms with Crippen LogP contribution in [0, 0.1) is 5.92 Å². The number of rotatable bonds is 4. The number of allylic oxidation sites excluding steroid dienone is 6. The van der Waals surface area contributed by atoms with E-state index in [0.717, 1.165) is 17.8 Å². The Kier molecular flexibility index (Phi) is 4.67. The van der Waals surface area contributed by atoms with Gasteiger partial charge in [-0.25, -0.2) is 5.01 Å². The SMILES string of the molecule is C1=CC2=C(C=NN(c3ccccc3)c3ccccc3)c3ccccc3CC2C=C1. The van der Waals surface area contributed by atoms with Crippen LogP contribution in [0.3, 0.4) is 0 Å². The molecule has 0 bridgehead atoms. The van der Waals surface area contributed by atoms with Gasteiger partial charge in [-0.1, -0.05) is 85.0 Å². The second kappa shape index (κ2) is 7.76. The highest BCUT2D eigenvalue weighted by Crippen LogP contribution is 2.37. The first-order valence-electron chi connectivity index (χ1n) is 10.0. The standard InChI is InChI=1S/C27H22N2/c1-3-13-23(14-4-1)29(24-15-5-2-6-16-24)28-20-27-25-17-9-7-11-21(25)19-22-12-8-10-18-26(22)27/h1-18,20-21H,19H2. The lowest BCUT2D eigenvalue weighted by molar-refractivity contribution is 0.756. The molecular formula is C27H22N2. The summed E-state index contributed by atoms with van der Waals surface area (Å²) in [6, 6.07) is 29.3. The summed E-state index contributed by atoms with van der Waals surface area (Å²) in [5, 5.41) is 6.97. The fourth-order valence-corrected chi connectivity index (χ4v) is 4.09. The van der Waals surface area contributed by atoms with Crippen molar-refractivity contribution >= 4 is 23.2 Å². The van der Waals surface area contributed by atoms with E-state index >= 15 is 0 Å². The van der Waals surface area contributed by atoms with Crippen LogP contribution in [0.25, 0.3) is 5.57 Å². The third kappa shape index (κ3) is 3.45. The number of hydrogen-bond acceptors (Lipinski definition) is 2. The highest BCUT2D eigenvalue weighted by Gasteiger charge is 2.24. The van der Waals surface area contributed by atoms with Gasteiger partial charge in [0.1, 0.15) is 0 Å². The maximum absolute atomic E-state index is 4.97. The summed E-state index contributed by atoms with van der Waals surface area (Å²) in [7, 11) is 0. The molecule has 1 atom stereocenters. The van der Waals surface area contributed by atoms with E-state index in [-0.39, 0.29) is 0 Å². The summed E-state index contributed by atoms with van der Waals surface area (Å²) in [5.41, 5.74) is 7.29. The van der Waals surface area contributed by atoms with Crippen LogP contribution in [-0.2, 0) is 6.42 Å². The van der Waals surface area contributed by atoms with Gasteiger partial charge in [-0.3, -0.25) is 0 Å². The average Bonchev–Trinajstić information content (AvgIpc) is 2.80. The molecular weight excluding hydrogens is 352 g/mol. The minimum absolute atomic E-state index is 0.415. The van der Waals surface area contributed by atoms with E-state index in [0.29, 0.717) is 5.92 Å². The lowest BCUT2D eigenvalue weighted by Gasteiger charge is -2.28. The fraction of sp³-hybridized carbons (Fsp3) is 0.0741. The number of para-hydroxylation sites is 2. The second-order valence-electron chi connectivity index (χ2n) is 7.31. The topological polar surface area (TPSA) is 15.6 Å². The van der Waals surface area contributed by atoms with Gasteiger partial charge in [-0.15, -0.1) is 0 Å². The lowest BCUT2D eigenvalue weighted by Crippen LogP contribution is -2.17. The Labute approximate surface area is 171 Å². The molecule has 0 amide bonds. The van der Waals surface area contributed by atoms with E-state index in [1.807, 2.05) is 47.6 Å². The molecule has 3 aromatic carbocycles. The van der Waals surface area contributed by atoms with Crippen LogP contribution in [-0.4, -0.2) is 6.21 Å². The molecule has 3 aromatic rings. The number of hydrazone groups is 1. The van der Waals surface area contributed by atoms with Crippen LogP contribution >= 0.6 is 0 Å². The molecule has 0 saturated carbocycles. The number of benzene rings is 3. The van der Waals surface area contributed by atoms with Crippen molar-refractivity contribution in [3.63, 3.8) is 0 Å². The fourth-order valence-electron chi connectivity index (χ4n) is 4.09. The van der Waals surface area contributed by atoms with E-state index in [9.17, 15) is 0 Å². The molecule has 140 valence electrons. The first kappa shape index (κ1) is 17.4. The zero-order chi connectivity index (χ0) is 19.5. The Hall–Kier alpha value is -3.65. The molecule has 0 aliphatic heterocycles. The first-order valence-corrected chi connectivity index (χ1v) is 10.0. The monoisotopic (exact) mass is 374 g/mol. The van der Waals surface area contributed by atoms with Crippen molar-refractivity contribution in [2.45, 2.75) is 6.42 Å². The number of fused-ring (bicyclic) bond motifs is 2. The van der Waals surface area contributed by atoms with Crippen molar-refractivity contribution < 1.29 is 0 Å². The predicted octanol–water partition coefficient (Wildman–Crippen LogP) is 6.56. The molecule has 2 heteroatoms. The third-order valence-electron chi connectivity index (χ3n) is 5.49. The summed E-state index contributed by atoms with van der Waals surface area (Å²) in [6.45, 7) is 0. The Morgan fingerprint density at radius 1 is 0.759 bits per heavy atom. The van der Waals surface area contributed by atoms with Gasteiger partial charge < -0.3 is 0 Å². The van der Waals surface area contributed by atoms with Gasteiger partial charge >= 0.3 is 0 Å². The molecule has 0 aromatic heterocycles. The highest BCUT2D eigenvalue weighted by molar-refractivity contribution is 6.13. The minimum atomic E-state index is 0.415. The molecule has 0 spiro atoms. The van der Waals surface area contributed by atoms with E-state index in [2.05, 4.69) is 72.8 Å². The molecule has 0 fully saturated rings. The summed E-state index contributed by atoms with van der Waals surface area (Å²) >= 11 is 0. The Balaban J connectivity index is 1.61. The summed E-state index contributed by atoms with van der Waals surface area (Å²) in [4.78, 5) is 0. The second-order valence-corrected chi connectivity index (χ2v) is 7.31.